The molecule has 12 heteroatoms. The number of hydrogen-bond donors (Lipinski definition) is 2. The Morgan fingerprint density at radius 2 is 1.91 bits per heavy atom. The zero-order valence-electron chi connectivity index (χ0n) is 18.0. The number of alkyl halides is 3. The summed E-state index contributed by atoms with van der Waals surface area (Å²) in [5.41, 5.74) is 1.39. The van der Waals surface area contributed by atoms with Gasteiger partial charge in [-0.2, -0.15) is 13.2 Å². The van der Waals surface area contributed by atoms with Crippen molar-refractivity contribution in [2.45, 2.75) is 52.5 Å². The molecular weight excluding hydrogens is 447 g/mol. The summed E-state index contributed by atoms with van der Waals surface area (Å²) in [5.74, 6) is -0.241. The molecule has 0 aliphatic carbocycles. The van der Waals surface area contributed by atoms with Crippen LogP contribution in [0.3, 0.4) is 0 Å². The van der Waals surface area contributed by atoms with E-state index in [1.165, 1.54) is 10.4 Å². The zero-order valence-corrected chi connectivity index (χ0v) is 18.8. The van der Waals surface area contributed by atoms with Crippen molar-refractivity contribution in [3.05, 3.63) is 33.5 Å². The number of rotatable bonds is 4. The van der Waals surface area contributed by atoms with Crippen molar-refractivity contribution in [1.82, 2.24) is 25.0 Å². The van der Waals surface area contributed by atoms with E-state index in [2.05, 4.69) is 38.8 Å². The number of aliphatic carboxylic acids is 1. The van der Waals surface area contributed by atoms with Crippen LogP contribution in [0.25, 0.3) is 0 Å². The van der Waals surface area contributed by atoms with Gasteiger partial charge in [-0.25, -0.2) is 4.79 Å². The van der Waals surface area contributed by atoms with Crippen LogP contribution in [0.4, 0.5) is 13.2 Å². The smallest absolute Gasteiger partial charge is 0.475 e. The summed E-state index contributed by atoms with van der Waals surface area (Å²) in [6.07, 6.45) is -4.16. The summed E-state index contributed by atoms with van der Waals surface area (Å²) in [5, 5.41) is 20.7. The minimum Gasteiger partial charge on any atom is -0.475 e. The van der Waals surface area contributed by atoms with Crippen LogP contribution in [-0.2, 0) is 24.3 Å². The highest BCUT2D eigenvalue weighted by molar-refractivity contribution is 7.10. The van der Waals surface area contributed by atoms with E-state index in [1.54, 1.807) is 0 Å². The summed E-state index contributed by atoms with van der Waals surface area (Å²) >= 11 is 1.85. The minimum absolute atomic E-state index is 0.104. The Balaban J connectivity index is 0.000000360. The van der Waals surface area contributed by atoms with E-state index in [1.807, 2.05) is 29.8 Å². The van der Waals surface area contributed by atoms with Crippen molar-refractivity contribution in [3.63, 3.8) is 0 Å². The number of fused-ring (bicyclic) bond motifs is 2. The van der Waals surface area contributed by atoms with Gasteiger partial charge in [0.05, 0.1) is 0 Å². The van der Waals surface area contributed by atoms with Crippen molar-refractivity contribution >= 4 is 23.2 Å². The summed E-state index contributed by atoms with van der Waals surface area (Å²) in [7, 11) is 0. The van der Waals surface area contributed by atoms with Crippen molar-refractivity contribution in [2.75, 3.05) is 13.1 Å². The highest BCUT2D eigenvalue weighted by Gasteiger charge is 2.39. The van der Waals surface area contributed by atoms with Gasteiger partial charge in [0.25, 0.3) is 5.91 Å². The Labute approximate surface area is 187 Å². The fourth-order valence-electron chi connectivity index (χ4n) is 4.01. The molecule has 1 fully saturated rings. The third kappa shape index (κ3) is 5.66. The zero-order chi connectivity index (χ0) is 23.6. The topological polar surface area (TPSA) is 100 Å². The molecular formula is C20H26F3N5O3S. The van der Waals surface area contributed by atoms with Crippen LogP contribution in [0.5, 0.6) is 0 Å². The van der Waals surface area contributed by atoms with Gasteiger partial charge < -0.3 is 15.0 Å². The van der Waals surface area contributed by atoms with E-state index in [4.69, 9.17) is 9.90 Å². The predicted octanol–water partition coefficient (Wildman–Crippen LogP) is 2.72. The molecule has 8 nitrogen and oxygen atoms in total. The molecule has 2 N–H and O–H groups in total. The first-order valence-corrected chi connectivity index (χ1v) is 11.1. The number of carbonyl (C=O) groups excluding carboxylic acids is 1. The summed E-state index contributed by atoms with van der Waals surface area (Å²) < 4.78 is 33.8. The number of likely N-dealkylation sites (tertiary alicyclic amines) is 1. The number of thiophene rings is 1. The van der Waals surface area contributed by atoms with Gasteiger partial charge in [-0.1, -0.05) is 0 Å². The quantitative estimate of drug-likeness (QED) is 0.708. The maximum Gasteiger partial charge on any atom is 0.490 e. The van der Waals surface area contributed by atoms with Crippen molar-refractivity contribution in [3.8, 4) is 0 Å². The van der Waals surface area contributed by atoms with Crippen LogP contribution in [-0.4, -0.2) is 62.0 Å². The lowest BCUT2D eigenvalue weighted by atomic mass is 9.89. The Morgan fingerprint density at radius 3 is 2.47 bits per heavy atom. The Morgan fingerprint density at radius 1 is 1.25 bits per heavy atom. The van der Waals surface area contributed by atoms with Crippen molar-refractivity contribution in [1.29, 1.82) is 0 Å². The molecule has 2 unspecified atom stereocenters. The second-order valence-electron chi connectivity index (χ2n) is 8.43. The molecule has 2 aliphatic heterocycles. The molecule has 0 saturated carbocycles. The van der Waals surface area contributed by atoms with E-state index >= 15 is 0 Å². The number of nitrogens with zero attached hydrogens (tertiary/aromatic N) is 4. The normalized spacial score (nSPS) is 20.3. The first-order chi connectivity index (χ1) is 15.0. The van der Waals surface area contributed by atoms with Crippen LogP contribution in [0, 0.1) is 18.8 Å². The third-order valence-electron chi connectivity index (χ3n) is 5.54. The van der Waals surface area contributed by atoms with Gasteiger partial charge >= 0.3 is 12.1 Å². The predicted molar refractivity (Wildman–Crippen MR) is 111 cm³/mol. The average Bonchev–Trinajstić information content (AvgIpc) is 3.37. The Bertz CT molecular complexity index is 972. The SMILES string of the molecule is Cc1ccsc1CN1CC2Cc3nnc(C(=O)NC(C)C)n3CC2C1.O=C(O)C(F)(F)F. The molecule has 2 aromatic rings. The number of hydrogen-bond acceptors (Lipinski definition) is 6. The number of halogens is 3. The molecule has 32 heavy (non-hydrogen) atoms. The summed E-state index contributed by atoms with van der Waals surface area (Å²) in [4.78, 5) is 25.3. The van der Waals surface area contributed by atoms with Gasteiger partial charge in [0.1, 0.15) is 5.82 Å². The van der Waals surface area contributed by atoms with Gasteiger partial charge in [-0.05, 0) is 49.6 Å². The van der Waals surface area contributed by atoms with E-state index in [0.29, 0.717) is 17.7 Å². The number of amides is 1. The lowest BCUT2D eigenvalue weighted by Crippen LogP contribution is -2.35. The Kier molecular flexibility index (Phi) is 7.23. The van der Waals surface area contributed by atoms with E-state index in [-0.39, 0.29) is 11.9 Å². The maximum atomic E-state index is 12.4. The number of aryl methyl sites for hydroxylation is 1. The highest BCUT2D eigenvalue weighted by Crippen LogP contribution is 2.34. The minimum atomic E-state index is -5.08. The van der Waals surface area contributed by atoms with Crippen LogP contribution < -0.4 is 5.32 Å². The second kappa shape index (κ2) is 9.57. The van der Waals surface area contributed by atoms with Crippen LogP contribution in [0.15, 0.2) is 11.4 Å². The number of aromatic nitrogens is 3. The number of nitrogens with one attached hydrogen (secondary N) is 1. The van der Waals surface area contributed by atoms with Gasteiger partial charge in [0.2, 0.25) is 5.82 Å². The molecule has 0 radical (unpaired) electrons. The monoisotopic (exact) mass is 473 g/mol. The van der Waals surface area contributed by atoms with Gasteiger partial charge in [-0.15, -0.1) is 21.5 Å². The molecule has 0 aromatic carbocycles. The third-order valence-corrected chi connectivity index (χ3v) is 6.55. The largest absolute Gasteiger partial charge is 0.490 e. The van der Waals surface area contributed by atoms with Crippen LogP contribution >= 0.6 is 11.3 Å². The van der Waals surface area contributed by atoms with E-state index < -0.39 is 12.1 Å². The molecule has 2 aromatic heterocycles. The molecule has 1 saturated heterocycles. The molecule has 176 valence electrons. The molecule has 2 aliphatic rings. The van der Waals surface area contributed by atoms with E-state index in [0.717, 1.165) is 38.4 Å². The standard InChI is InChI=1S/C18H25N5OS.C2HF3O2/c1-11(2)19-18(24)17-21-20-16-6-13-7-22(8-14(13)9-23(16)17)10-15-12(3)4-5-25-15;3-2(4,5)1(6)7/h4-5,11,13-14H,6-10H2,1-3H3,(H,19,24);(H,6,7). The molecule has 0 spiro atoms. The van der Waals surface area contributed by atoms with Crippen LogP contribution in [0.1, 0.15) is 40.7 Å². The number of carbonyl (C=O) groups is 2. The lowest BCUT2D eigenvalue weighted by molar-refractivity contribution is -0.192. The summed E-state index contributed by atoms with van der Waals surface area (Å²) in [6, 6.07) is 2.30. The fourth-order valence-corrected chi connectivity index (χ4v) is 4.96. The molecule has 4 rings (SSSR count). The maximum absolute atomic E-state index is 12.4. The van der Waals surface area contributed by atoms with Crippen LogP contribution in [0.2, 0.25) is 0 Å². The molecule has 4 heterocycles. The Hall–Kier alpha value is -2.47. The lowest BCUT2D eigenvalue weighted by Gasteiger charge is -2.25. The van der Waals surface area contributed by atoms with E-state index in [9.17, 15) is 18.0 Å². The average molecular weight is 474 g/mol. The van der Waals surface area contributed by atoms with Gasteiger partial charge in [0, 0.05) is 43.5 Å². The summed E-state index contributed by atoms with van der Waals surface area (Å²) in [6.45, 7) is 10.2. The molecule has 0 bridgehead atoms. The van der Waals surface area contributed by atoms with Crippen molar-refractivity contribution < 1.29 is 27.9 Å². The van der Waals surface area contributed by atoms with Gasteiger partial charge in [0.15, 0.2) is 0 Å². The van der Waals surface area contributed by atoms with Gasteiger partial charge in [-0.3, -0.25) is 9.69 Å². The van der Waals surface area contributed by atoms with Crippen molar-refractivity contribution in [2.24, 2.45) is 11.8 Å². The number of carboxylic acids is 1. The second-order valence-corrected chi connectivity index (χ2v) is 9.43. The first-order valence-electron chi connectivity index (χ1n) is 10.2. The first kappa shape index (κ1) is 24.2. The molecule has 1 amide bonds. The number of carboxylic acid groups (broad SMARTS) is 1. The highest BCUT2D eigenvalue weighted by atomic mass is 32.1. The molecule has 2 atom stereocenters. The fraction of sp³-hybridized carbons (Fsp3) is 0.600.